The molecule has 1 aromatic carbocycles. The van der Waals surface area contributed by atoms with Gasteiger partial charge in [0.2, 0.25) is 10.0 Å². The van der Waals surface area contributed by atoms with Crippen molar-refractivity contribution in [3.8, 4) is 0 Å². The number of hydrogen-bond donors (Lipinski definition) is 2. The number of piperidine rings is 1. The van der Waals surface area contributed by atoms with Crippen molar-refractivity contribution < 1.29 is 17.2 Å². The fourth-order valence-electron chi connectivity index (χ4n) is 2.30. The van der Waals surface area contributed by atoms with Gasteiger partial charge in [0.1, 0.15) is 11.6 Å². The van der Waals surface area contributed by atoms with Crippen LogP contribution in [0.1, 0.15) is 18.4 Å². The summed E-state index contributed by atoms with van der Waals surface area (Å²) in [7, 11) is -3.49. The topological polar surface area (TPSA) is 58.2 Å². The summed E-state index contributed by atoms with van der Waals surface area (Å²) in [6, 6.07) is 2.99. The minimum atomic E-state index is -3.49. The molecule has 1 saturated heterocycles. The smallest absolute Gasteiger partial charge is 0.212 e. The molecule has 1 unspecified atom stereocenters. The molecule has 0 saturated carbocycles. The Morgan fingerprint density at radius 3 is 2.85 bits per heavy atom. The highest BCUT2D eigenvalue weighted by atomic mass is 32.2. The maximum absolute atomic E-state index is 13.4. The molecule has 1 aromatic rings. The van der Waals surface area contributed by atoms with Crippen molar-refractivity contribution >= 4 is 10.0 Å². The van der Waals surface area contributed by atoms with Crippen LogP contribution in [0.2, 0.25) is 0 Å². The third kappa shape index (κ3) is 4.50. The first-order valence-corrected chi connectivity index (χ1v) is 8.23. The van der Waals surface area contributed by atoms with E-state index in [0.29, 0.717) is 6.54 Å². The molecular formula is C13H18F2N2O2S. The normalized spacial score (nSPS) is 20.0. The summed E-state index contributed by atoms with van der Waals surface area (Å²) in [6.07, 6.45) is 1.82. The fourth-order valence-corrected chi connectivity index (χ4v) is 3.70. The quantitative estimate of drug-likeness (QED) is 0.864. The van der Waals surface area contributed by atoms with Crippen LogP contribution in [0.15, 0.2) is 18.2 Å². The number of halogens is 2. The average Bonchev–Trinajstić information content (AvgIpc) is 2.40. The van der Waals surface area contributed by atoms with Crippen LogP contribution < -0.4 is 10.0 Å². The highest BCUT2D eigenvalue weighted by molar-refractivity contribution is 7.89. The number of rotatable bonds is 5. The molecule has 0 amide bonds. The summed E-state index contributed by atoms with van der Waals surface area (Å²) in [6.45, 7) is 1.36. The summed E-state index contributed by atoms with van der Waals surface area (Å²) in [5, 5.41) is 3.15. The Hall–Kier alpha value is -1.05. The van der Waals surface area contributed by atoms with Crippen LogP contribution in [0.25, 0.3) is 0 Å². The molecule has 0 bridgehead atoms. The molecule has 1 heterocycles. The molecule has 20 heavy (non-hydrogen) atoms. The second-order valence-electron chi connectivity index (χ2n) is 5.05. The lowest BCUT2D eigenvalue weighted by molar-refractivity contribution is 0.402. The number of hydrogen-bond acceptors (Lipinski definition) is 3. The van der Waals surface area contributed by atoms with E-state index in [0.717, 1.165) is 37.6 Å². The van der Waals surface area contributed by atoms with Crippen LogP contribution in [0, 0.1) is 17.6 Å². The summed E-state index contributed by atoms with van der Waals surface area (Å²) in [5.74, 6) is -1.12. The first kappa shape index (κ1) is 15.3. The zero-order chi connectivity index (χ0) is 14.6. The third-order valence-corrected chi connectivity index (χ3v) is 4.84. The van der Waals surface area contributed by atoms with E-state index in [-0.39, 0.29) is 23.8 Å². The molecule has 0 aromatic heterocycles. The lowest BCUT2D eigenvalue weighted by Gasteiger charge is -2.22. The van der Waals surface area contributed by atoms with Gasteiger partial charge in [-0.15, -0.1) is 0 Å². The van der Waals surface area contributed by atoms with Crippen molar-refractivity contribution in [2.75, 3.05) is 18.8 Å². The molecule has 0 spiro atoms. The largest absolute Gasteiger partial charge is 0.316 e. The van der Waals surface area contributed by atoms with Gasteiger partial charge in [-0.3, -0.25) is 0 Å². The molecule has 0 aliphatic carbocycles. The van der Waals surface area contributed by atoms with Crippen LogP contribution in [0.5, 0.6) is 0 Å². The molecule has 4 nitrogen and oxygen atoms in total. The van der Waals surface area contributed by atoms with E-state index in [1.807, 2.05) is 0 Å². The van der Waals surface area contributed by atoms with Gasteiger partial charge in [0, 0.05) is 12.1 Å². The molecule has 0 radical (unpaired) electrons. The predicted octanol–water partition coefficient (Wildman–Crippen LogP) is 1.38. The Morgan fingerprint density at radius 1 is 1.35 bits per heavy atom. The van der Waals surface area contributed by atoms with Gasteiger partial charge in [-0.25, -0.2) is 21.9 Å². The summed E-state index contributed by atoms with van der Waals surface area (Å²) >= 11 is 0. The molecule has 7 heteroatoms. The second kappa shape index (κ2) is 6.60. The highest BCUT2D eigenvalue weighted by Gasteiger charge is 2.21. The van der Waals surface area contributed by atoms with Crippen LogP contribution in [-0.4, -0.2) is 27.3 Å². The molecule has 1 aliphatic heterocycles. The summed E-state index contributed by atoms with van der Waals surface area (Å²) in [5.41, 5.74) is 0.00958. The minimum absolute atomic E-state index is 0.00958. The van der Waals surface area contributed by atoms with Crippen molar-refractivity contribution in [1.82, 2.24) is 10.0 Å². The maximum Gasteiger partial charge on any atom is 0.212 e. The monoisotopic (exact) mass is 304 g/mol. The lowest BCUT2D eigenvalue weighted by Crippen LogP contribution is -2.37. The van der Waals surface area contributed by atoms with Gasteiger partial charge in [0.05, 0.1) is 5.75 Å². The van der Waals surface area contributed by atoms with Crippen molar-refractivity contribution in [2.24, 2.45) is 5.92 Å². The Kier molecular flexibility index (Phi) is 5.06. The summed E-state index contributed by atoms with van der Waals surface area (Å²) < 4.78 is 52.5. The molecular weight excluding hydrogens is 286 g/mol. The zero-order valence-electron chi connectivity index (χ0n) is 11.0. The van der Waals surface area contributed by atoms with E-state index >= 15 is 0 Å². The van der Waals surface area contributed by atoms with E-state index in [1.165, 1.54) is 0 Å². The van der Waals surface area contributed by atoms with Gasteiger partial charge >= 0.3 is 0 Å². The first-order chi connectivity index (χ1) is 9.46. The third-order valence-electron chi connectivity index (χ3n) is 3.34. The zero-order valence-corrected chi connectivity index (χ0v) is 11.8. The second-order valence-corrected chi connectivity index (χ2v) is 6.90. The molecule has 112 valence electrons. The lowest BCUT2D eigenvalue weighted by atomic mass is 10.0. The number of sulfonamides is 1. The van der Waals surface area contributed by atoms with Gasteiger partial charge in [-0.2, -0.15) is 0 Å². The van der Waals surface area contributed by atoms with E-state index in [9.17, 15) is 17.2 Å². The molecule has 1 aliphatic rings. The number of nitrogens with one attached hydrogen (secondary N) is 2. The Morgan fingerprint density at radius 2 is 2.15 bits per heavy atom. The van der Waals surface area contributed by atoms with Gasteiger partial charge in [-0.1, -0.05) is 0 Å². The predicted molar refractivity (Wildman–Crippen MR) is 72.6 cm³/mol. The average molecular weight is 304 g/mol. The molecule has 1 atom stereocenters. The fraction of sp³-hybridized carbons (Fsp3) is 0.538. The van der Waals surface area contributed by atoms with E-state index < -0.39 is 21.7 Å². The molecule has 2 N–H and O–H groups in total. The minimum Gasteiger partial charge on any atom is -0.316 e. The van der Waals surface area contributed by atoms with Gasteiger partial charge in [0.15, 0.2) is 0 Å². The van der Waals surface area contributed by atoms with E-state index in [2.05, 4.69) is 10.0 Å². The van der Waals surface area contributed by atoms with Crippen LogP contribution in [0.3, 0.4) is 0 Å². The van der Waals surface area contributed by atoms with Crippen molar-refractivity contribution in [3.05, 3.63) is 35.4 Å². The Labute approximate surface area is 117 Å². The standard InChI is InChI=1S/C13H18F2N2O2S/c14-12-3-4-13(15)11(6-12)8-17-20(18,19)9-10-2-1-5-16-7-10/h3-4,6,10,16-17H,1-2,5,7-9H2. The van der Waals surface area contributed by atoms with E-state index in [1.54, 1.807) is 0 Å². The Balaban J connectivity index is 1.92. The van der Waals surface area contributed by atoms with Crippen LogP contribution in [-0.2, 0) is 16.6 Å². The number of benzene rings is 1. The van der Waals surface area contributed by atoms with Crippen molar-refractivity contribution in [2.45, 2.75) is 19.4 Å². The molecule has 2 rings (SSSR count). The van der Waals surface area contributed by atoms with Gasteiger partial charge in [0.25, 0.3) is 0 Å². The highest BCUT2D eigenvalue weighted by Crippen LogP contribution is 2.13. The first-order valence-electron chi connectivity index (χ1n) is 6.58. The van der Waals surface area contributed by atoms with Crippen LogP contribution >= 0.6 is 0 Å². The Bertz CT molecular complexity index is 557. The van der Waals surface area contributed by atoms with Crippen molar-refractivity contribution in [3.63, 3.8) is 0 Å². The van der Waals surface area contributed by atoms with Crippen LogP contribution in [0.4, 0.5) is 8.78 Å². The van der Waals surface area contributed by atoms with Gasteiger partial charge < -0.3 is 5.32 Å². The summed E-state index contributed by atoms with van der Waals surface area (Å²) in [4.78, 5) is 0. The van der Waals surface area contributed by atoms with Crippen molar-refractivity contribution in [1.29, 1.82) is 0 Å². The van der Waals surface area contributed by atoms with Gasteiger partial charge in [-0.05, 0) is 50.0 Å². The van der Waals surface area contributed by atoms with E-state index in [4.69, 9.17) is 0 Å². The SMILES string of the molecule is O=S(=O)(CC1CCCNC1)NCc1cc(F)ccc1F. The molecule has 1 fully saturated rings. The maximum atomic E-state index is 13.4.